The van der Waals surface area contributed by atoms with Crippen molar-refractivity contribution in [3.05, 3.63) is 35.4 Å². The number of oxime groups is 1. The molecule has 4 heteroatoms. The van der Waals surface area contributed by atoms with Crippen LogP contribution in [0.1, 0.15) is 44.2 Å². The fourth-order valence-corrected chi connectivity index (χ4v) is 3.22. The molecule has 3 N–H and O–H groups in total. The molecule has 0 aliphatic heterocycles. The Hall–Kier alpha value is -1.55. The molecule has 3 atom stereocenters. The van der Waals surface area contributed by atoms with E-state index in [2.05, 4.69) is 37.0 Å². The lowest BCUT2D eigenvalue weighted by Gasteiger charge is -2.37. The first-order valence-electron chi connectivity index (χ1n) is 7.78. The minimum atomic E-state index is 0.166. The van der Waals surface area contributed by atoms with Crippen LogP contribution in [0.4, 0.5) is 0 Å². The summed E-state index contributed by atoms with van der Waals surface area (Å²) in [5.74, 6) is 1.81. The zero-order valence-corrected chi connectivity index (χ0v) is 13.3. The fourth-order valence-electron chi connectivity index (χ4n) is 3.22. The average Bonchev–Trinajstić information content (AvgIpc) is 2.49. The van der Waals surface area contributed by atoms with E-state index in [0.29, 0.717) is 6.04 Å². The van der Waals surface area contributed by atoms with Crippen molar-refractivity contribution in [2.45, 2.75) is 45.7 Å². The first kappa shape index (κ1) is 15.8. The summed E-state index contributed by atoms with van der Waals surface area (Å²) in [6, 6.07) is 8.58. The Morgan fingerprint density at radius 2 is 2.10 bits per heavy atom. The molecule has 116 valence electrons. The second kappa shape index (κ2) is 6.94. The monoisotopic (exact) mass is 289 g/mol. The van der Waals surface area contributed by atoms with Crippen molar-refractivity contribution in [1.82, 2.24) is 4.90 Å². The van der Waals surface area contributed by atoms with Crippen LogP contribution in [0.25, 0.3) is 0 Å². The molecule has 1 aromatic rings. The van der Waals surface area contributed by atoms with E-state index in [4.69, 9.17) is 10.9 Å². The van der Waals surface area contributed by atoms with Crippen LogP contribution in [0, 0.1) is 11.8 Å². The van der Waals surface area contributed by atoms with Gasteiger partial charge in [-0.05, 0) is 49.8 Å². The molecule has 1 fully saturated rings. The third-order valence-electron chi connectivity index (χ3n) is 4.96. The highest BCUT2D eigenvalue weighted by Crippen LogP contribution is 2.32. The Kier molecular flexibility index (Phi) is 5.23. The van der Waals surface area contributed by atoms with Crippen LogP contribution < -0.4 is 5.73 Å². The summed E-state index contributed by atoms with van der Waals surface area (Å²) < 4.78 is 0. The Morgan fingerprint density at radius 3 is 2.76 bits per heavy atom. The lowest BCUT2D eigenvalue weighted by molar-refractivity contribution is 0.126. The zero-order chi connectivity index (χ0) is 15.4. The van der Waals surface area contributed by atoms with Crippen LogP contribution in [0.2, 0.25) is 0 Å². The first-order valence-corrected chi connectivity index (χ1v) is 7.78. The maximum atomic E-state index is 8.77. The summed E-state index contributed by atoms with van der Waals surface area (Å²) in [7, 11) is 2.20. The molecule has 1 aliphatic carbocycles. The third-order valence-corrected chi connectivity index (χ3v) is 4.96. The van der Waals surface area contributed by atoms with Gasteiger partial charge < -0.3 is 10.9 Å². The van der Waals surface area contributed by atoms with Crippen molar-refractivity contribution in [3.8, 4) is 0 Å². The molecule has 1 saturated carbocycles. The molecule has 21 heavy (non-hydrogen) atoms. The lowest BCUT2D eigenvalue weighted by Crippen LogP contribution is -2.37. The lowest BCUT2D eigenvalue weighted by atomic mass is 9.78. The van der Waals surface area contributed by atoms with Crippen LogP contribution in [0.3, 0.4) is 0 Å². The molecule has 0 amide bonds. The normalized spacial score (nSPS) is 27.0. The van der Waals surface area contributed by atoms with E-state index in [-0.39, 0.29) is 5.84 Å². The van der Waals surface area contributed by atoms with E-state index >= 15 is 0 Å². The van der Waals surface area contributed by atoms with Crippen molar-refractivity contribution in [1.29, 1.82) is 0 Å². The summed E-state index contributed by atoms with van der Waals surface area (Å²) in [6.45, 7) is 5.63. The number of amidine groups is 1. The van der Waals surface area contributed by atoms with Gasteiger partial charge in [0.1, 0.15) is 0 Å². The summed E-state index contributed by atoms with van der Waals surface area (Å²) in [6.07, 6.45) is 3.87. The minimum Gasteiger partial charge on any atom is -0.409 e. The van der Waals surface area contributed by atoms with Crippen molar-refractivity contribution < 1.29 is 5.21 Å². The summed E-state index contributed by atoms with van der Waals surface area (Å²) in [4.78, 5) is 2.44. The van der Waals surface area contributed by atoms with Crippen LogP contribution in [-0.4, -0.2) is 29.0 Å². The summed E-state index contributed by atoms with van der Waals surface area (Å²) in [5, 5.41) is 11.8. The predicted octanol–water partition coefficient (Wildman–Crippen LogP) is 3.04. The van der Waals surface area contributed by atoms with Gasteiger partial charge in [0.05, 0.1) is 0 Å². The SMILES string of the molecule is CC1CCC(N(C)Cc2cccc(C(N)=NO)c2)CC1C. The average molecular weight is 289 g/mol. The summed E-state index contributed by atoms with van der Waals surface area (Å²) >= 11 is 0. The number of hydrogen-bond acceptors (Lipinski definition) is 3. The van der Waals surface area contributed by atoms with Crippen molar-refractivity contribution in [2.24, 2.45) is 22.7 Å². The van der Waals surface area contributed by atoms with Gasteiger partial charge >= 0.3 is 0 Å². The maximum Gasteiger partial charge on any atom is 0.170 e. The molecule has 2 rings (SSSR count). The molecule has 0 spiro atoms. The van der Waals surface area contributed by atoms with Gasteiger partial charge in [0, 0.05) is 18.2 Å². The highest BCUT2D eigenvalue weighted by molar-refractivity contribution is 5.97. The van der Waals surface area contributed by atoms with Crippen molar-refractivity contribution >= 4 is 5.84 Å². The largest absolute Gasteiger partial charge is 0.409 e. The van der Waals surface area contributed by atoms with Crippen LogP contribution in [-0.2, 0) is 6.54 Å². The molecular formula is C17H27N3O. The zero-order valence-electron chi connectivity index (χ0n) is 13.3. The van der Waals surface area contributed by atoms with Crippen molar-refractivity contribution in [2.75, 3.05) is 7.05 Å². The number of nitrogens with zero attached hydrogens (tertiary/aromatic N) is 2. The summed E-state index contributed by atoms with van der Waals surface area (Å²) in [5.41, 5.74) is 7.63. The Labute approximate surface area is 127 Å². The van der Waals surface area contributed by atoms with Crippen molar-refractivity contribution in [3.63, 3.8) is 0 Å². The fraction of sp³-hybridized carbons (Fsp3) is 0.588. The molecule has 1 aromatic carbocycles. The topological polar surface area (TPSA) is 61.8 Å². The van der Waals surface area contributed by atoms with Gasteiger partial charge in [-0.2, -0.15) is 0 Å². The molecule has 1 aliphatic rings. The van der Waals surface area contributed by atoms with Gasteiger partial charge in [-0.3, -0.25) is 4.90 Å². The second-order valence-electron chi connectivity index (χ2n) is 6.52. The third kappa shape index (κ3) is 3.97. The highest BCUT2D eigenvalue weighted by Gasteiger charge is 2.26. The standard InChI is InChI=1S/C17H27N3O/c1-12-7-8-16(9-13(12)2)20(3)11-14-5-4-6-15(10-14)17(18)19-21/h4-6,10,12-13,16,21H,7-9,11H2,1-3H3,(H2,18,19). The highest BCUT2D eigenvalue weighted by atomic mass is 16.4. The Bertz CT molecular complexity index is 501. The van der Waals surface area contributed by atoms with E-state index in [0.717, 1.165) is 23.9 Å². The molecule has 4 nitrogen and oxygen atoms in total. The molecule has 0 heterocycles. The van der Waals surface area contributed by atoms with E-state index in [1.54, 1.807) is 0 Å². The van der Waals surface area contributed by atoms with Gasteiger partial charge in [0.2, 0.25) is 0 Å². The Balaban J connectivity index is 2.01. The molecule has 0 bridgehead atoms. The molecule has 0 saturated heterocycles. The van der Waals surface area contributed by atoms with Gasteiger partial charge in [0.25, 0.3) is 0 Å². The minimum absolute atomic E-state index is 0.166. The van der Waals surface area contributed by atoms with E-state index in [1.165, 1.54) is 24.8 Å². The van der Waals surface area contributed by atoms with Gasteiger partial charge in [-0.15, -0.1) is 0 Å². The first-order chi connectivity index (χ1) is 10.0. The molecular weight excluding hydrogens is 262 g/mol. The van der Waals surface area contributed by atoms with Gasteiger partial charge in [-0.25, -0.2) is 0 Å². The van der Waals surface area contributed by atoms with E-state index in [1.807, 2.05) is 18.2 Å². The van der Waals surface area contributed by atoms with Crippen LogP contribution in [0.5, 0.6) is 0 Å². The number of nitrogens with two attached hydrogens (primary N) is 1. The van der Waals surface area contributed by atoms with Gasteiger partial charge in [-0.1, -0.05) is 37.2 Å². The molecule has 0 radical (unpaired) electrons. The van der Waals surface area contributed by atoms with Gasteiger partial charge in [0.15, 0.2) is 5.84 Å². The molecule has 3 unspecified atom stereocenters. The quantitative estimate of drug-likeness (QED) is 0.387. The van der Waals surface area contributed by atoms with Crippen LogP contribution in [0.15, 0.2) is 29.4 Å². The van der Waals surface area contributed by atoms with E-state index in [9.17, 15) is 0 Å². The van der Waals surface area contributed by atoms with E-state index < -0.39 is 0 Å². The number of benzene rings is 1. The van der Waals surface area contributed by atoms with Crippen LogP contribution >= 0.6 is 0 Å². The maximum absolute atomic E-state index is 8.77. The number of rotatable bonds is 4. The molecule has 0 aromatic heterocycles. The Morgan fingerprint density at radius 1 is 1.33 bits per heavy atom. The predicted molar refractivity (Wildman–Crippen MR) is 86.4 cm³/mol. The smallest absolute Gasteiger partial charge is 0.170 e. The second-order valence-corrected chi connectivity index (χ2v) is 6.52. The number of hydrogen-bond donors (Lipinski definition) is 2.